The lowest BCUT2D eigenvalue weighted by Crippen LogP contribution is -2.08. The van der Waals surface area contributed by atoms with Crippen LogP contribution in [0.2, 0.25) is 0 Å². The number of rotatable bonds is 6. The first-order chi connectivity index (χ1) is 8.79. The summed E-state index contributed by atoms with van der Waals surface area (Å²) in [6.45, 7) is 3.68. The van der Waals surface area contributed by atoms with Crippen molar-refractivity contribution in [2.45, 2.75) is 19.9 Å². The Morgan fingerprint density at radius 1 is 1.17 bits per heavy atom. The summed E-state index contributed by atoms with van der Waals surface area (Å²) in [5, 5.41) is 6.46. The fourth-order valence-electron chi connectivity index (χ4n) is 1.54. The molecule has 2 aromatic heterocycles. The van der Waals surface area contributed by atoms with Crippen molar-refractivity contribution in [3.8, 4) is 0 Å². The Hall–Kier alpha value is -2.11. The number of anilines is 2. The van der Waals surface area contributed by atoms with E-state index in [0.717, 1.165) is 30.4 Å². The molecule has 0 aromatic carbocycles. The van der Waals surface area contributed by atoms with E-state index >= 15 is 0 Å². The molecule has 6 heteroatoms. The Kier molecular flexibility index (Phi) is 4.11. The predicted molar refractivity (Wildman–Crippen MR) is 71.3 cm³/mol. The average Bonchev–Trinajstić information content (AvgIpc) is 2.80. The zero-order valence-electron chi connectivity index (χ0n) is 10.7. The average molecular weight is 246 g/mol. The van der Waals surface area contributed by atoms with Crippen molar-refractivity contribution in [1.82, 2.24) is 19.5 Å². The first-order valence-electron chi connectivity index (χ1n) is 6.05. The van der Waals surface area contributed by atoms with Crippen LogP contribution in [-0.2, 0) is 13.6 Å². The van der Waals surface area contributed by atoms with Crippen molar-refractivity contribution < 1.29 is 0 Å². The van der Waals surface area contributed by atoms with Gasteiger partial charge in [0.2, 0.25) is 0 Å². The highest BCUT2D eigenvalue weighted by Crippen LogP contribution is 2.09. The Morgan fingerprint density at radius 3 is 2.61 bits per heavy atom. The molecule has 0 aliphatic rings. The van der Waals surface area contributed by atoms with Gasteiger partial charge in [-0.25, -0.2) is 15.0 Å². The van der Waals surface area contributed by atoms with Gasteiger partial charge in [0.05, 0.1) is 6.54 Å². The second-order valence-electron chi connectivity index (χ2n) is 4.02. The second kappa shape index (κ2) is 6.00. The van der Waals surface area contributed by atoms with Crippen LogP contribution in [0.25, 0.3) is 0 Å². The van der Waals surface area contributed by atoms with Gasteiger partial charge in [0.25, 0.3) is 0 Å². The van der Waals surface area contributed by atoms with Crippen molar-refractivity contribution in [2.75, 3.05) is 17.2 Å². The molecule has 96 valence electrons. The molecule has 0 atom stereocenters. The Morgan fingerprint density at radius 2 is 1.94 bits per heavy atom. The summed E-state index contributed by atoms with van der Waals surface area (Å²) in [7, 11) is 1.97. The highest BCUT2D eigenvalue weighted by Gasteiger charge is 2.01. The quantitative estimate of drug-likeness (QED) is 0.811. The smallest absolute Gasteiger partial charge is 0.131 e. The van der Waals surface area contributed by atoms with Crippen LogP contribution in [0.1, 0.15) is 19.2 Å². The van der Waals surface area contributed by atoms with Crippen LogP contribution in [0.15, 0.2) is 24.8 Å². The fraction of sp³-hybridized carbons (Fsp3) is 0.417. The van der Waals surface area contributed by atoms with Crippen LogP contribution in [0, 0.1) is 0 Å². The van der Waals surface area contributed by atoms with E-state index in [-0.39, 0.29) is 0 Å². The molecular formula is C12H18N6. The molecule has 0 spiro atoms. The third-order valence-electron chi connectivity index (χ3n) is 2.57. The Labute approximate surface area is 106 Å². The lowest BCUT2D eigenvalue weighted by Gasteiger charge is -2.07. The van der Waals surface area contributed by atoms with Gasteiger partial charge in [-0.3, -0.25) is 0 Å². The van der Waals surface area contributed by atoms with E-state index in [2.05, 4.69) is 32.5 Å². The number of aromatic nitrogens is 4. The predicted octanol–water partition coefficient (Wildman–Crippen LogP) is 1.64. The number of nitrogens with zero attached hydrogens (tertiary/aromatic N) is 4. The van der Waals surface area contributed by atoms with E-state index in [1.54, 1.807) is 12.5 Å². The highest BCUT2D eigenvalue weighted by atomic mass is 15.1. The first kappa shape index (κ1) is 12.3. The molecule has 2 rings (SSSR count). The molecule has 0 fully saturated rings. The summed E-state index contributed by atoms with van der Waals surface area (Å²) in [4.78, 5) is 12.6. The van der Waals surface area contributed by atoms with Gasteiger partial charge in [-0.15, -0.1) is 0 Å². The van der Waals surface area contributed by atoms with Crippen LogP contribution in [0.3, 0.4) is 0 Å². The van der Waals surface area contributed by atoms with E-state index in [1.807, 2.05) is 23.9 Å². The van der Waals surface area contributed by atoms with E-state index in [0.29, 0.717) is 6.54 Å². The van der Waals surface area contributed by atoms with Gasteiger partial charge < -0.3 is 15.2 Å². The van der Waals surface area contributed by atoms with Gasteiger partial charge in [-0.1, -0.05) is 6.92 Å². The molecule has 0 amide bonds. The summed E-state index contributed by atoms with van der Waals surface area (Å²) in [6, 6.07) is 1.90. The molecule has 2 aromatic rings. The topological polar surface area (TPSA) is 67.7 Å². The molecule has 0 saturated carbocycles. The SMILES string of the molecule is CCCNc1cc(NCc2nccn2C)ncn1. The lowest BCUT2D eigenvalue weighted by atomic mass is 10.4. The number of nitrogens with one attached hydrogen (secondary N) is 2. The molecular weight excluding hydrogens is 228 g/mol. The minimum atomic E-state index is 0.647. The molecule has 0 aliphatic heterocycles. The van der Waals surface area contributed by atoms with Gasteiger partial charge in [0, 0.05) is 32.1 Å². The maximum Gasteiger partial charge on any atom is 0.131 e. The second-order valence-corrected chi connectivity index (χ2v) is 4.02. The highest BCUT2D eigenvalue weighted by molar-refractivity contribution is 5.46. The lowest BCUT2D eigenvalue weighted by molar-refractivity contribution is 0.810. The van der Waals surface area contributed by atoms with Crippen molar-refractivity contribution in [3.05, 3.63) is 30.6 Å². The Balaban J connectivity index is 1.95. The van der Waals surface area contributed by atoms with Gasteiger partial charge in [0.15, 0.2) is 0 Å². The molecule has 0 bridgehead atoms. The summed E-state index contributed by atoms with van der Waals surface area (Å²) in [5.74, 6) is 2.61. The van der Waals surface area contributed by atoms with Gasteiger partial charge in [-0.2, -0.15) is 0 Å². The van der Waals surface area contributed by atoms with Crippen molar-refractivity contribution >= 4 is 11.6 Å². The molecule has 0 saturated heterocycles. The monoisotopic (exact) mass is 246 g/mol. The van der Waals surface area contributed by atoms with E-state index in [1.165, 1.54) is 0 Å². The summed E-state index contributed by atoms with van der Waals surface area (Å²) >= 11 is 0. The number of hydrogen-bond donors (Lipinski definition) is 2. The molecule has 18 heavy (non-hydrogen) atoms. The van der Waals surface area contributed by atoms with Crippen LogP contribution >= 0.6 is 0 Å². The van der Waals surface area contributed by atoms with Crippen molar-refractivity contribution in [1.29, 1.82) is 0 Å². The van der Waals surface area contributed by atoms with Gasteiger partial charge in [-0.05, 0) is 6.42 Å². The Bertz CT molecular complexity index is 493. The third kappa shape index (κ3) is 3.19. The maximum absolute atomic E-state index is 4.24. The molecule has 0 unspecified atom stereocenters. The van der Waals surface area contributed by atoms with Crippen LogP contribution in [0.5, 0.6) is 0 Å². The minimum Gasteiger partial charge on any atom is -0.370 e. The normalized spacial score (nSPS) is 10.3. The zero-order chi connectivity index (χ0) is 12.8. The molecule has 6 nitrogen and oxygen atoms in total. The van der Waals surface area contributed by atoms with Gasteiger partial charge in [0.1, 0.15) is 23.8 Å². The van der Waals surface area contributed by atoms with E-state index < -0.39 is 0 Å². The number of imidazole rings is 1. The van der Waals surface area contributed by atoms with Gasteiger partial charge >= 0.3 is 0 Å². The largest absolute Gasteiger partial charge is 0.370 e. The first-order valence-corrected chi connectivity index (χ1v) is 6.05. The fourth-order valence-corrected chi connectivity index (χ4v) is 1.54. The maximum atomic E-state index is 4.24. The third-order valence-corrected chi connectivity index (χ3v) is 2.57. The molecule has 0 radical (unpaired) electrons. The summed E-state index contributed by atoms with van der Waals surface area (Å²) < 4.78 is 1.98. The van der Waals surface area contributed by atoms with Crippen LogP contribution in [-0.4, -0.2) is 26.1 Å². The molecule has 0 aliphatic carbocycles. The minimum absolute atomic E-state index is 0.647. The summed E-state index contributed by atoms with van der Waals surface area (Å²) in [6.07, 6.45) is 6.33. The summed E-state index contributed by atoms with van der Waals surface area (Å²) in [5.41, 5.74) is 0. The standard InChI is InChI=1S/C12H18N6/c1-3-4-13-10-7-11(17-9-16-10)15-8-12-14-5-6-18(12)2/h5-7,9H,3-4,8H2,1-2H3,(H2,13,15,16,17). The van der Waals surface area contributed by atoms with Crippen molar-refractivity contribution in [2.24, 2.45) is 7.05 Å². The molecule has 2 heterocycles. The number of hydrogen-bond acceptors (Lipinski definition) is 5. The van der Waals surface area contributed by atoms with E-state index in [9.17, 15) is 0 Å². The van der Waals surface area contributed by atoms with Crippen molar-refractivity contribution in [3.63, 3.8) is 0 Å². The zero-order valence-corrected chi connectivity index (χ0v) is 10.7. The molecule has 2 N–H and O–H groups in total. The van der Waals surface area contributed by atoms with E-state index in [4.69, 9.17) is 0 Å². The van der Waals surface area contributed by atoms with Crippen LogP contribution < -0.4 is 10.6 Å². The number of aryl methyl sites for hydroxylation is 1. The van der Waals surface area contributed by atoms with Crippen LogP contribution in [0.4, 0.5) is 11.6 Å².